The van der Waals surface area contributed by atoms with Gasteiger partial charge in [0.25, 0.3) is 5.56 Å². The molecule has 1 fully saturated rings. The van der Waals surface area contributed by atoms with Gasteiger partial charge >= 0.3 is 0 Å². The van der Waals surface area contributed by atoms with Crippen LogP contribution in [0.15, 0.2) is 40.7 Å². The van der Waals surface area contributed by atoms with Crippen LogP contribution in [0.25, 0.3) is 11.0 Å². The van der Waals surface area contributed by atoms with Crippen molar-refractivity contribution in [1.82, 2.24) is 20.2 Å². The Labute approximate surface area is 201 Å². The maximum absolute atomic E-state index is 13.2. The number of fused-ring (bicyclic) bond motifs is 1. The van der Waals surface area contributed by atoms with Gasteiger partial charge < -0.3 is 10.6 Å². The van der Waals surface area contributed by atoms with E-state index < -0.39 is 0 Å². The number of para-hydroxylation sites is 2. The molecular formula is C27H36N4O3. The third-order valence-electron chi connectivity index (χ3n) is 6.93. The first kappa shape index (κ1) is 24.2. The van der Waals surface area contributed by atoms with Crippen molar-refractivity contribution in [3.63, 3.8) is 0 Å². The van der Waals surface area contributed by atoms with Crippen LogP contribution >= 0.6 is 0 Å². The van der Waals surface area contributed by atoms with Gasteiger partial charge in [0.2, 0.25) is 11.8 Å². The Kier molecular flexibility index (Phi) is 8.50. The van der Waals surface area contributed by atoms with Crippen LogP contribution in [-0.4, -0.2) is 34.0 Å². The molecule has 1 aromatic carbocycles. The average Bonchev–Trinajstić information content (AvgIpc) is 2.86. The van der Waals surface area contributed by atoms with E-state index in [1.165, 1.54) is 29.4 Å². The van der Waals surface area contributed by atoms with Gasteiger partial charge in [0.15, 0.2) is 0 Å². The number of amides is 2. The van der Waals surface area contributed by atoms with Gasteiger partial charge in [-0.25, -0.2) is 4.98 Å². The largest absolute Gasteiger partial charge is 0.354 e. The predicted octanol–water partition coefficient (Wildman–Crippen LogP) is 3.78. The minimum Gasteiger partial charge on any atom is -0.354 e. The Balaban J connectivity index is 1.40. The molecule has 1 aromatic heterocycles. The van der Waals surface area contributed by atoms with Gasteiger partial charge in [0, 0.05) is 25.4 Å². The maximum atomic E-state index is 13.2. The Morgan fingerprint density at radius 1 is 1.00 bits per heavy atom. The smallest absolute Gasteiger partial charge is 0.273 e. The first-order chi connectivity index (χ1) is 16.6. The number of nitrogens with one attached hydrogen (secondary N) is 2. The summed E-state index contributed by atoms with van der Waals surface area (Å²) < 4.78 is 1.49. The second kappa shape index (κ2) is 12.0. The van der Waals surface area contributed by atoms with E-state index in [0.717, 1.165) is 44.9 Å². The molecule has 0 spiro atoms. The van der Waals surface area contributed by atoms with Crippen molar-refractivity contribution in [1.29, 1.82) is 0 Å². The molecule has 7 nitrogen and oxygen atoms in total. The Morgan fingerprint density at radius 2 is 1.82 bits per heavy atom. The van der Waals surface area contributed by atoms with E-state index in [1.807, 2.05) is 24.3 Å². The number of nitrogens with zero attached hydrogens (tertiary/aromatic N) is 2. The van der Waals surface area contributed by atoms with Crippen LogP contribution in [0.1, 0.15) is 76.3 Å². The van der Waals surface area contributed by atoms with Crippen molar-refractivity contribution in [3.8, 4) is 0 Å². The fraction of sp³-hybridized carbons (Fsp3) is 0.556. The van der Waals surface area contributed by atoms with Crippen molar-refractivity contribution in [3.05, 3.63) is 52.0 Å². The first-order valence-electron chi connectivity index (χ1n) is 12.8. The average molecular weight is 465 g/mol. The maximum Gasteiger partial charge on any atom is 0.273 e. The van der Waals surface area contributed by atoms with Crippen molar-refractivity contribution in [2.24, 2.45) is 0 Å². The van der Waals surface area contributed by atoms with Crippen LogP contribution in [0.4, 0.5) is 0 Å². The first-order valence-corrected chi connectivity index (χ1v) is 12.8. The number of hydrogen-bond acceptors (Lipinski definition) is 4. The van der Waals surface area contributed by atoms with E-state index in [0.29, 0.717) is 23.3 Å². The zero-order chi connectivity index (χ0) is 23.8. The van der Waals surface area contributed by atoms with Crippen LogP contribution in [0.5, 0.6) is 0 Å². The van der Waals surface area contributed by atoms with E-state index in [-0.39, 0.29) is 42.8 Å². The number of allylic oxidation sites excluding steroid dienone is 1. The summed E-state index contributed by atoms with van der Waals surface area (Å²) >= 11 is 0. The lowest BCUT2D eigenvalue weighted by molar-refractivity contribution is -0.122. The highest BCUT2D eigenvalue weighted by Gasteiger charge is 2.18. The molecule has 0 unspecified atom stereocenters. The number of carbonyl (C=O) groups excluding carboxylic acids is 2. The highest BCUT2D eigenvalue weighted by Crippen LogP contribution is 2.19. The second-order valence-electron chi connectivity index (χ2n) is 9.55. The molecule has 7 heteroatoms. The minimum atomic E-state index is -0.297. The minimum absolute atomic E-state index is 0.0393. The zero-order valence-electron chi connectivity index (χ0n) is 20.0. The van der Waals surface area contributed by atoms with Crippen LogP contribution in [-0.2, 0) is 22.6 Å². The van der Waals surface area contributed by atoms with E-state index in [1.54, 1.807) is 0 Å². The molecule has 4 rings (SSSR count). The monoisotopic (exact) mass is 464 g/mol. The fourth-order valence-corrected chi connectivity index (χ4v) is 5.04. The summed E-state index contributed by atoms with van der Waals surface area (Å²) in [5.74, 6) is -0.224. The SMILES string of the molecule is O=C(Cn1c(=O)c(CCC(=O)NC2CCCCC2)nc2ccccc21)NCCC1=CCCCC1. The van der Waals surface area contributed by atoms with Crippen LogP contribution in [0.2, 0.25) is 0 Å². The van der Waals surface area contributed by atoms with Gasteiger partial charge in [-0.05, 0) is 57.1 Å². The number of rotatable bonds is 9. The van der Waals surface area contributed by atoms with E-state index in [4.69, 9.17) is 0 Å². The number of carbonyl (C=O) groups is 2. The lowest BCUT2D eigenvalue weighted by atomic mass is 9.95. The Hall–Kier alpha value is -2.96. The number of aromatic nitrogens is 2. The van der Waals surface area contributed by atoms with Gasteiger partial charge in [-0.2, -0.15) is 0 Å². The summed E-state index contributed by atoms with van der Waals surface area (Å²) in [6.45, 7) is 0.527. The standard InChI is InChI=1S/C27H36N4O3/c32-25(29-21-11-5-2-6-12-21)16-15-23-27(34)31(24-14-8-7-13-22(24)30-23)19-26(33)28-18-17-20-9-3-1-4-10-20/h7-9,13-14,21H,1-6,10-12,15-19H2,(H,28,33)(H,29,32). The van der Waals surface area contributed by atoms with E-state index in [2.05, 4.69) is 21.7 Å². The molecule has 2 aliphatic carbocycles. The quantitative estimate of drug-likeness (QED) is 0.552. The zero-order valence-corrected chi connectivity index (χ0v) is 20.0. The Bertz CT molecular complexity index is 1100. The third kappa shape index (κ3) is 6.55. The molecule has 1 heterocycles. The van der Waals surface area contributed by atoms with Gasteiger partial charge in [-0.15, -0.1) is 0 Å². The molecule has 2 aliphatic rings. The van der Waals surface area contributed by atoms with Gasteiger partial charge in [0.1, 0.15) is 12.2 Å². The molecule has 0 aliphatic heterocycles. The van der Waals surface area contributed by atoms with Crippen LogP contribution < -0.4 is 16.2 Å². The summed E-state index contributed by atoms with van der Waals surface area (Å²) in [5.41, 5.74) is 2.73. The summed E-state index contributed by atoms with van der Waals surface area (Å²) in [6, 6.07) is 7.59. The number of hydrogen-bond donors (Lipinski definition) is 2. The predicted molar refractivity (Wildman–Crippen MR) is 134 cm³/mol. The normalized spacial score (nSPS) is 16.8. The van der Waals surface area contributed by atoms with E-state index in [9.17, 15) is 14.4 Å². The number of aryl methyl sites for hydroxylation is 1. The third-order valence-corrected chi connectivity index (χ3v) is 6.93. The topological polar surface area (TPSA) is 93.1 Å². The van der Waals surface area contributed by atoms with Crippen LogP contribution in [0.3, 0.4) is 0 Å². The molecule has 2 N–H and O–H groups in total. The molecule has 34 heavy (non-hydrogen) atoms. The molecular weight excluding hydrogens is 428 g/mol. The van der Waals surface area contributed by atoms with Crippen molar-refractivity contribution in [2.75, 3.05) is 6.54 Å². The lowest BCUT2D eigenvalue weighted by Crippen LogP contribution is -2.37. The number of benzene rings is 1. The van der Waals surface area contributed by atoms with Crippen molar-refractivity contribution < 1.29 is 9.59 Å². The van der Waals surface area contributed by atoms with Gasteiger partial charge in [-0.3, -0.25) is 19.0 Å². The summed E-state index contributed by atoms with van der Waals surface area (Å²) in [4.78, 5) is 42.9. The summed E-state index contributed by atoms with van der Waals surface area (Å²) in [7, 11) is 0. The van der Waals surface area contributed by atoms with Gasteiger partial charge in [0.05, 0.1) is 11.0 Å². The molecule has 2 amide bonds. The van der Waals surface area contributed by atoms with E-state index >= 15 is 0 Å². The van der Waals surface area contributed by atoms with Gasteiger partial charge in [-0.1, -0.05) is 43.0 Å². The highest BCUT2D eigenvalue weighted by atomic mass is 16.2. The summed E-state index contributed by atoms with van der Waals surface area (Å²) in [5, 5.41) is 6.06. The molecule has 182 valence electrons. The highest BCUT2D eigenvalue weighted by molar-refractivity contribution is 5.80. The van der Waals surface area contributed by atoms with Crippen molar-refractivity contribution >= 4 is 22.8 Å². The lowest BCUT2D eigenvalue weighted by Gasteiger charge is -2.22. The molecule has 0 bridgehead atoms. The molecule has 0 atom stereocenters. The summed E-state index contributed by atoms with van der Waals surface area (Å²) in [6.07, 6.45) is 13.9. The molecule has 2 aromatic rings. The fourth-order valence-electron chi connectivity index (χ4n) is 5.04. The molecule has 0 radical (unpaired) electrons. The second-order valence-corrected chi connectivity index (χ2v) is 9.55. The van der Waals surface area contributed by atoms with Crippen LogP contribution in [0, 0.1) is 0 Å². The molecule has 0 saturated heterocycles. The van der Waals surface area contributed by atoms with Crippen molar-refractivity contribution in [2.45, 2.75) is 89.6 Å². The molecule has 1 saturated carbocycles. The Morgan fingerprint density at radius 3 is 2.62 bits per heavy atom.